The molecule has 4 rings (SSSR count). The minimum absolute atomic E-state index is 0.212. The first-order chi connectivity index (χ1) is 27.5. The first-order valence-corrected chi connectivity index (χ1v) is 20.3. The van der Waals surface area contributed by atoms with Gasteiger partial charge in [-0.25, -0.2) is 0 Å². The highest BCUT2D eigenvalue weighted by Crippen LogP contribution is 2.29. The first kappa shape index (κ1) is 50.8. The standard InChI is InChI=1S/C33H42N2.C15H20O2.C2H4O2.H2O2/c1-9-30(34-32-25(5)18-23(3)19-26(32)6)31(35-33-27(7)20-24(4)21-28(33)8)13-11-10-12-29-16-14-22(2)15-17-29;1-3-14(16)15(17)7-5-4-6-13-10-8-12(2)9-11-13;1-2(3)4;1-2/h14-21H,9-13H2,1-8H3;8-11H,3-7H2,1-2H3;3-4H,1H2;1-2H. The molecule has 0 unspecified atom stereocenters. The van der Waals surface area contributed by atoms with E-state index in [1.165, 1.54) is 55.6 Å². The second kappa shape index (κ2) is 27.5. The number of carbonyl (C=O) groups is 2. The van der Waals surface area contributed by atoms with E-state index in [1.54, 1.807) is 6.92 Å². The van der Waals surface area contributed by atoms with Crippen LogP contribution in [0.2, 0.25) is 0 Å². The highest BCUT2D eigenvalue weighted by molar-refractivity contribution is 6.43. The molecule has 0 aliphatic carbocycles. The van der Waals surface area contributed by atoms with Crippen molar-refractivity contribution in [3.05, 3.63) is 141 Å². The van der Waals surface area contributed by atoms with E-state index in [0.717, 1.165) is 74.2 Å². The molecule has 0 atom stereocenters. The van der Waals surface area contributed by atoms with Crippen LogP contribution in [0.25, 0.3) is 0 Å². The zero-order valence-corrected chi connectivity index (χ0v) is 36.7. The average molecular weight is 793 g/mol. The van der Waals surface area contributed by atoms with Crippen molar-refractivity contribution in [3.8, 4) is 0 Å². The third kappa shape index (κ3) is 19.3. The molecule has 0 aromatic heterocycles. The Hall–Kier alpha value is -5.18. The van der Waals surface area contributed by atoms with Gasteiger partial charge in [0.2, 0.25) is 0 Å². The van der Waals surface area contributed by atoms with Gasteiger partial charge in [-0.05, 0) is 147 Å². The maximum absolute atomic E-state index is 11.3. The summed E-state index contributed by atoms with van der Waals surface area (Å²) in [5.41, 5.74) is 17.2. The van der Waals surface area contributed by atoms with Gasteiger partial charge in [0.05, 0.1) is 22.8 Å². The smallest absolute Gasteiger partial charge is 0.266 e. The van der Waals surface area contributed by atoms with Gasteiger partial charge in [0, 0.05) is 12.8 Å². The third-order valence-electron chi connectivity index (χ3n) is 9.55. The largest absolute Gasteiger partial charge is 0.482 e. The fourth-order valence-electron chi connectivity index (χ4n) is 6.66. The molecule has 0 aliphatic heterocycles. The summed E-state index contributed by atoms with van der Waals surface area (Å²) in [4.78, 5) is 32.9. The summed E-state index contributed by atoms with van der Waals surface area (Å²) in [5, 5.41) is 26.8. The second-order valence-electron chi connectivity index (χ2n) is 15.0. The van der Waals surface area contributed by atoms with Gasteiger partial charge < -0.3 is 10.2 Å². The summed E-state index contributed by atoms with van der Waals surface area (Å²) in [6, 6.07) is 26.3. The molecule has 0 amide bonds. The Labute approximate surface area is 348 Å². The first-order valence-electron chi connectivity index (χ1n) is 20.3. The molecule has 4 aromatic carbocycles. The number of unbranched alkanes of at least 4 members (excludes halogenated alkanes) is 2. The minimum Gasteiger partial charge on any atom is -0.482 e. The lowest BCUT2D eigenvalue weighted by molar-refractivity contribution is -0.176. The molecule has 4 N–H and O–H groups in total. The molecule has 8 heteroatoms. The van der Waals surface area contributed by atoms with Crippen LogP contribution in [0.4, 0.5) is 11.4 Å². The monoisotopic (exact) mass is 793 g/mol. The Bertz CT molecular complexity index is 1910. The Balaban J connectivity index is 0.000000608. The quantitative estimate of drug-likeness (QED) is 0.0222. The minimum atomic E-state index is -0.833. The number of aliphatic hydroxyl groups excluding tert-OH is 1. The SMILES string of the molecule is C=C(O)O.CCC(=Nc1c(C)cc(C)cc1C)C(CCCCc1ccc(C)cc1)=Nc1c(C)cc(C)cc1C.CCC(=O)C(=O)CCCCc1ccc(C)cc1.OO. The normalized spacial score (nSPS) is 11.0. The molecule has 0 aliphatic rings. The van der Waals surface area contributed by atoms with E-state index in [0.29, 0.717) is 12.8 Å². The molecule has 0 radical (unpaired) electrons. The number of hydrogen-bond donors (Lipinski definition) is 4. The van der Waals surface area contributed by atoms with Crippen molar-refractivity contribution in [2.45, 2.75) is 133 Å². The van der Waals surface area contributed by atoms with Crippen LogP contribution in [0, 0.1) is 55.4 Å². The Morgan fingerprint density at radius 1 is 0.500 bits per heavy atom. The summed E-state index contributed by atoms with van der Waals surface area (Å²) in [6.07, 6.45) is 8.64. The van der Waals surface area contributed by atoms with E-state index >= 15 is 0 Å². The summed E-state index contributed by atoms with van der Waals surface area (Å²) < 4.78 is 0. The molecule has 0 fully saturated rings. The van der Waals surface area contributed by atoms with Crippen molar-refractivity contribution in [2.24, 2.45) is 9.98 Å². The molecule has 4 aromatic rings. The summed E-state index contributed by atoms with van der Waals surface area (Å²) in [6.45, 7) is 23.8. The molecule has 8 nitrogen and oxygen atoms in total. The lowest BCUT2D eigenvalue weighted by Gasteiger charge is -2.14. The van der Waals surface area contributed by atoms with Crippen LogP contribution in [0.15, 0.2) is 95.3 Å². The zero-order valence-electron chi connectivity index (χ0n) is 36.7. The van der Waals surface area contributed by atoms with Crippen LogP contribution < -0.4 is 0 Å². The van der Waals surface area contributed by atoms with Crippen molar-refractivity contribution in [3.63, 3.8) is 0 Å². The number of Topliss-reactive ketones (excluding diaryl/α,β-unsaturated/α-hetero) is 2. The predicted molar refractivity (Wildman–Crippen MR) is 243 cm³/mol. The van der Waals surface area contributed by atoms with Crippen molar-refractivity contribution < 1.29 is 30.3 Å². The third-order valence-corrected chi connectivity index (χ3v) is 9.55. The van der Waals surface area contributed by atoms with Crippen molar-refractivity contribution in [1.29, 1.82) is 0 Å². The van der Waals surface area contributed by atoms with Crippen molar-refractivity contribution >= 4 is 34.4 Å². The van der Waals surface area contributed by atoms with E-state index in [-0.39, 0.29) is 11.6 Å². The van der Waals surface area contributed by atoms with E-state index < -0.39 is 5.95 Å². The van der Waals surface area contributed by atoms with E-state index in [4.69, 9.17) is 30.7 Å². The van der Waals surface area contributed by atoms with Gasteiger partial charge in [-0.15, -0.1) is 0 Å². The highest BCUT2D eigenvalue weighted by atomic mass is 17.0. The van der Waals surface area contributed by atoms with Crippen LogP contribution in [0.3, 0.4) is 0 Å². The number of nitrogens with zero attached hydrogens (tertiary/aromatic N) is 2. The van der Waals surface area contributed by atoms with Crippen LogP contribution in [-0.2, 0) is 22.4 Å². The van der Waals surface area contributed by atoms with Gasteiger partial charge >= 0.3 is 0 Å². The molecule has 0 bridgehead atoms. The van der Waals surface area contributed by atoms with Gasteiger partial charge in [0.1, 0.15) is 0 Å². The number of aliphatic imine (C=N–C) groups is 2. The number of carbonyl (C=O) groups excluding carboxylic acids is 2. The highest BCUT2D eigenvalue weighted by Gasteiger charge is 2.14. The van der Waals surface area contributed by atoms with Crippen molar-refractivity contribution in [2.75, 3.05) is 0 Å². The lowest BCUT2D eigenvalue weighted by Crippen LogP contribution is -2.14. The molecule has 0 heterocycles. The second-order valence-corrected chi connectivity index (χ2v) is 15.0. The summed E-state index contributed by atoms with van der Waals surface area (Å²) in [7, 11) is 0. The van der Waals surface area contributed by atoms with E-state index in [1.807, 2.05) is 0 Å². The lowest BCUT2D eigenvalue weighted by atomic mass is 10.00. The van der Waals surface area contributed by atoms with Gasteiger partial charge in [0.15, 0.2) is 11.6 Å². The molecule has 0 saturated heterocycles. The van der Waals surface area contributed by atoms with Crippen LogP contribution in [0.1, 0.15) is 121 Å². The molecule has 58 heavy (non-hydrogen) atoms. The molecular weight excluding hydrogens is 725 g/mol. The van der Waals surface area contributed by atoms with E-state index in [2.05, 4.69) is 142 Å². The topological polar surface area (TPSA) is 140 Å². The number of hydrogen-bond acceptors (Lipinski definition) is 8. The molecule has 0 spiro atoms. The van der Waals surface area contributed by atoms with Crippen LogP contribution >= 0.6 is 0 Å². The summed E-state index contributed by atoms with van der Waals surface area (Å²) in [5.74, 6) is -1.28. The Morgan fingerprint density at radius 3 is 1.19 bits per heavy atom. The maximum Gasteiger partial charge on any atom is 0.266 e. The number of aryl methyl sites for hydroxylation is 10. The molecule has 0 saturated carbocycles. The van der Waals surface area contributed by atoms with Crippen molar-refractivity contribution in [1.82, 2.24) is 0 Å². The Kier molecular flexibility index (Phi) is 24.1. The van der Waals surface area contributed by atoms with Gasteiger partial charge in [0.25, 0.3) is 5.95 Å². The zero-order chi connectivity index (χ0) is 43.8. The number of rotatable bonds is 16. The average Bonchev–Trinajstić information content (AvgIpc) is 3.17. The number of ketones is 2. The number of benzene rings is 4. The molecular formula is C50H68N2O6. The maximum atomic E-state index is 11.3. The summed E-state index contributed by atoms with van der Waals surface area (Å²) >= 11 is 0. The fourth-order valence-corrected chi connectivity index (χ4v) is 6.66. The fraction of sp³-hybridized carbons (Fsp3) is 0.400. The molecule has 314 valence electrons. The predicted octanol–water partition coefficient (Wildman–Crippen LogP) is 13.4. The van der Waals surface area contributed by atoms with Gasteiger partial charge in [-0.1, -0.05) is 109 Å². The van der Waals surface area contributed by atoms with Gasteiger partial charge in [-0.3, -0.25) is 30.1 Å². The number of aliphatic hydroxyl groups is 2. The van der Waals surface area contributed by atoms with Crippen LogP contribution in [-0.4, -0.2) is 43.7 Å². The van der Waals surface area contributed by atoms with Gasteiger partial charge in [-0.2, -0.15) is 0 Å². The Morgan fingerprint density at radius 2 is 0.845 bits per heavy atom. The van der Waals surface area contributed by atoms with E-state index in [9.17, 15) is 9.59 Å². The van der Waals surface area contributed by atoms with Crippen LogP contribution in [0.5, 0.6) is 0 Å².